The van der Waals surface area contributed by atoms with E-state index in [1.807, 2.05) is 12.1 Å². The minimum Gasteiger partial charge on any atom is -0.497 e. The number of methoxy groups -OCH3 is 2. The fraction of sp³-hybridized carbons (Fsp3) is 0.300. The van der Waals surface area contributed by atoms with Crippen molar-refractivity contribution >= 4 is 28.9 Å². The summed E-state index contributed by atoms with van der Waals surface area (Å²) in [4.78, 5) is 26.7. The van der Waals surface area contributed by atoms with Gasteiger partial charge in [-0.2, -0.15) is 0 Å². The Hall–Kier alpha value is -3.22. The monoisotopic (exact) mass is 369 g/mol. The van der Waals surface area contributed by atoms with E-state index in [1.54, 1.807) is 30.3 Å². The van der Waals surface area contributed by atoms with Crippen LogP contribution in [-0.4, -0.2) is 39.1 Å². The first kappa shape index (κ1) is 18.6. The number of rotatable bonds is 5. The van der Waals surface area contributed by atoms with Gasteiger partial charge in [0.1, 0.15) is 11.5 Å². The molecule has 0 radical (unpaired) electrons. The van der Waals surface area contributed by atoms with Gasteiger partial charge >= 0.3 is 11.8 Å². The third-order valence-corrected chi connectivity index (χ3v) is 4.46. The van der Waals surface area contributed by atoms with Gasteiger partial charge in [0.25, 0.3) is 0 Å². The number of benzene rings is 2. The number of amides is 2. The molecule has 0 aromatic heterocycles. The highest BCUT2D eigenvalue weighted by Crippen LogP contribution is 2.29. The molecule has 0 spiro atoms. The van der Waals surface area contributed by atoms with Crippen LogP contribution < -0.4 is 25.0 Å². The minimum absolute atomic E-state index is 0.392. The molecule has 2 aromatic carbocycles. The van der Waals surface area contributed by atoms with Crippen molar-refractivity contribution in [3.05, 3.63) is 42.5 Å². The van der Waals surface area contributed by atoms with Crippen LogP contribution in [0.2, 0.25) is 0 Å². The summed E-state index contributed by atoms with van der Waals surface area (Å²) in [6.07, 6.45) is 2.40. The molecule has 1 heterocycles. The third kappa shape index (κ3) is 4.49. The van der Waals surface area contributed by atoms with E-state index in [1.165, 1.54) is 27.1 Å². The van der Waals surface area contributed by atoms with Gasteiger partial charge < -0.3 is 25.0 Å². The van der Waals surface area contributed by atoms with Gasteiger partial charge in [-0.1, -0.05) is 0 Å². The molecule has 1 fully saturated rings. The molecular weight excluding hydrogens is 346 g/mol. The number of ether oxygens (including phenoxy) is 2. The largest absolute Gasteiger partial charge is 0.497 e. The Kier molecular flexibility index (Phi) is 5.80. The van der Waals surface area contributed by atoms with Crippen LogP contribution in [0.25, 0.3) is 0 Å². The molecule has 2 N–H and O–H groups in total. The summed E-state index contributed by atoms with van der Waals surface area (Å²) in [5.41, 5.74) is 2.08. The topological polar surface area (TPSA) is 79.9 Å². The van der Waals surface area contributed by atoms with E-state index in [0.717, 1.165) is 18.8 Å². The summed E-state index contributed by atoms with van der Waals surface area (Å²) in [5, 5.41) is 5.15. The molecule has 142 valence electrons. The first-order valence-corrected chi connectivity index (χ1v) is 8.80. The first-order chi connectivity index (χ1) is 13.1. The second-order valence-electron chi connectivity index (χ2n) is 6.22. The zero-order chi connectivity index (χ0) is 19.2. The number of nitrogens with zero attached hydrogens (tertiary/aromatic N) is 1. The Labute approximate surface area is 158 Å². The standard InChI is InChI=1S/C20H23N3O4/c1-26-16-9-10-17(18(13-16)27-2)22-20(25)19(24)21-14-5-7-15(8-6-14)23-11-3-4-12-23/h5-10,13H,3-4,11-12H2,1-2H3,(H,21,24)(H,22,25). The Balaban J connectivity index is 1.61. The SMILES string of the molecule is COc1ccc(NC(=O)C(=O)Nc2ccc(N3CCCC3)cc2)c(OC)c1. The molecule has 2 aromatic rings. The van der Waals surface area contributed by atoms with E-state index in [4.69, 9.17) is 9.47 Å². The number of anilines is 3. The van der Waals surface area contributed by atoms with E-state index in [2.05, 4.69) is 15.5 Å². The lowest BCUT2D eigenvalue weighted by molar-refractivity contribution is -0.133. The quantitative estimate of drug-likeness (QED) is 0.792. The van der Waals surface area contributed by atoms with Gasteiger partial charge in [0.15, 0.2) is 0 Å². The number of nitrogens with one attached hydrogen (secondary N) is 2. The molecule has 0 saturated carbocycles. The molecule has 1 aliphatic rings. The van der Waals surface area contributed by atoms with Crippen molar-refractivity contribution in [1.29, 1.82) is 0 Å². The zero-order valence-electron chi connectivity index (χ0n) is 15.5. The van der Waals surface area contributed by atoms with Gasteiger partial charge in [-0.15, -0.1) is 0 Å². The van der Waals surface area contributed by atoms with Crippen LogP contribution in [0.3, 0.4) is 0 Å². The number of carbonyl (C=O) groups is 2. The van der Waals surface area contributed by atoms with Crippen LogP contribution in [-0.2, 0) is 9.59 Å². The molecule has 3 rings (SSSR count). The summed E-state index contributed by atoms with van der Waals surface area (Å²) in [7, 11) is 3.02. The maximum atomic E-state index is 12.2. The lowest BCUT2D eigenvalue weighted by Gasteiger charge is -2.17. The van der Waals surface area contributed by atoms with E-state index in [-0.39, 0.29) is 0 Å². The average molecular weight is 369 g/mol. The molecule has 0 atom stereocenters. The molecule has 0 bridgehead atoms. The second kappa shape index (κ2) is 8.44. The normalized spacial score (nSPS) is 13.2. The Morgan fingerprint density at radius 3 is 2.19 bits per heavy atom. The molecule has 2 amide bonds. The number of hydrogen-bond acceptors (Lipinski definition) is 5. The first-order valence-electron chi connectivity index (χ1n) is 8.80. The average Bonchev–Trinajstić information content (AvgIpc) is 3.23. The smallest absolute Gasteiger partial charge is 0.314 e. The number of hydrogen-bond donors (Lipinski definition) is 2. The van der Waals surface area contributed by atoms with Gasteiger partial charge in [-0.25, -0.2) is 0 Å². The molecule has 0 unspecified atom stereocenters. The van der Waals surface area contributed by atoms with E-state index < -0.39 is 11.8 Å². The summed E-state index contributed by atoms with van der Waals surface area (Å²) < 4.78 is 10.3. The molecule has 1 saturated heterocycles. The Bertz CT molecular complexity index is 814. The maximum absolute atomic E-state index is 12.2. The van der Waals surface area contributed by atoms with Gasteiger partial charge in [0.2, 0.25) is 0 Å². The van der Waals surface area contributed by atoms with Crippen LogP contribution >= 0.6 is 0 Å². The van der Waals surface area contributed by atoms with Crippen molar-refractivity contribution in [2.75, 3.05) is 42.8 Å². The van der Waals surface area contributed by atoms with Crippen molar-refractivity contribution in [3.8, 4) is 11.5 Å². The summed E-state index contributed by atoms with van der Waals surface area (Å²) >= 11 is 0. The van der Waals surface area contributed by atoms with E-state index in [9.17, 15) is 9.59 Å². The van der Waals surface area contributed by atoms with Crippen molar-refractivity contribution in [2.45, 2.75) is 12.8 Å². The van der Waals surface area contributed by atoms with Crippen molar-refractivity contribution in [1.82, 2.24) is 0 Å². The summed E-state index contributed by atoms with van der Waals surface area (Å²) in [6, 6.07) is 12.4. The zero-order valence-corrected chi connectivity index (χ0v) is 15.5. The highest BCUT2D eigenvalue weighted by atomic mass is 16.5. The highest BCUT2D eigenvalue weighted by Gasteiger charge is 2.17. The van der Waals surface area contributed by atoms with Gasteiger partial charge in [-0.05, 0) is 49.2 Å². The summed E-state index contributed by atoms with van der Waals surface area (Å²) in [5.74, 6) is -0.526. The highest BCUT2D eigenvalue weighted by molar-refractivity contribution is 6.43. The fourth-order valence-electron chi connectivity index (χ4n) is 3.00. The van der Waals surface area contributed by atoms with Crippen LogP contribution in [0.1, 0.15) is 12.8 Å². The van der Waals surface area contributed by atoms with Crippen LogP contribution in [0, 0.1) is 0 Å². The predicted octanol–water partition coefficient (Wildman–Crippen LogP) is 2.88. The molecule has 0 aliphatic carbocycles. The molecule has 7 heteroatoms. The summed E-state index contributed by atoms with van der Waals surface area (Å²) in [6.45, 7) is 2.11. The Morgan fingerprint density at radius 1 is 0.889 bits per heavy atom. The van der Waals surface area contributed by atoms with Crippen LogP contribution in [0.5, 0.6) is 11.5 Å². The number of carbonyl (C=O) groups excluding carboxylic acids is 2. The maximum Gasteiger partial charge on any atom is 0.314 e. The van der Waals surface area contributed by atoms with Crippen molar-refractivity contribution in [2.24, 2.45) is 0 Å². The fourth-order valence-corrected chi connectivity index (χ4v) is 3.00. The second-order valence-corrected chi connectivity index (χ2v) is 6.22. The van der Waals surface area contributed by atoms with Gasteiger partial charge in [-0.3, -0.25) is 9.59 Å². The van der Waals surface area contributed by atoms with Gasteiger partial charge in [0.05, 0.1) is 19.9 Å². The van der Waals surface area contributed by atoms with E-state index in [0.29, 0.717) is 22.9 Å². The molecule has 1 aliphatic heterocycles. The molecular formula is C20H23N3O4. The van der Waals surface area contributed by atoms with Crippen molar-refractivity contribution < 1.29 is 19.1 Å². The van der Waals surface area contributed by atoms with Crippen LogP contribution in [0.15, 0.2) is 42.5 Å². The van der Waals surface area contributed by atoms with E-state index >= 15 is 0 Å². The van der Waals surface area contributed by atoms with Gasteiger partial charge in [0, 0.05) is 30.5 Å². The van der Waals surface area contributed by atoms with Crippen LogP contribution in [0.4, 0.5) is 17.1 Å². The molecule has 7 nitrogen and oxygen atoms in total. The molecule has 27 heavy (non-hydrogen) atoms. The third-order valence-electron chi connectivity index (χ3n) is 4.46. The lowest BCUT2D eigenvalue weighted by atomic mass is 10.2. The lowest BCUT2D eigenvalue weighted by Crippen LogP contribution is -2.29. The predicted molar refractivity (Wildman–Crippen MR) is 105 cm³/mol. The minimum atomic E-state index is -0.776. The van der Waals surface area contributed by atoms with Crippen molar-refractivity contribution in [3.63, 3.8) is 0 Å². The Morgan fingerprint density at radius 2 is 1.56 bits per heavy atom.